The van der Waals surface area contributed by atoms with Crippen LogP contribution in [0.1, 0.15) is 38.7 Å². The van der Waals surface area contributed by atoms with Crippen molar-refractivity contribution in [2.24, 2.45) is 0 Å². The number of nitrogens with zero attached hydrogens (tertiary/aromatic N) is 3. The third-order valence-electron chi connectivity index (χ3n) is 16.8. The summed E-state index contributed by atoms with van der Waals surface area (Å²) in [7, 11) is 0. The maximum absolute atomic E-state index is 2.75. The van der Waals surface area contributed by atoms with Crippen LogP contribution >= 0.6 is 0 Å². The Morgan fingerprint density at radius 1 is 0.338 bits per heavy atom. The van der Waals surface area contributed by atoms with Gasteiger partial charge in [-0.1, -0.05) is 201 Å². The van der Waals surface area contributed by atoms with E-state index < -0.39 is 0 Å². The first-order chi connectivity index (χ1) is 34.9. The van der Waals surface area contributed by atoms with Crippen LogP contribution in [0, 0.1) is 0 Å². The SMILES string of the molecule is CC12CCCC1(C)N(c1cc3c4c(c1)N(c1ccc(-c5ccccc5)cc1)c1ccc(-c5ccccc5)cc1B4c1cc(-c4ccccc4)ccc1N3c1ccc(-c3ccccc3)cc1)c1ccccc12. The Hall–Kier alpha value is -8.34. The lowest BCUT2D eigenvalue weighted by Crippen LogP contribution is -2.61. The van der Waals surface area contributed by atoms with Gasteiger partial charge in [-0.25, -0.2) is 0 Å². The molecule has 14 rings (SSSR count). The predicted molar refractivity (Wildman–Crippen MR) is 300 cm³/mol. The molecule has 0 amide bonds. The lowest BCUT2D eigenvalue weighted by Gasteiger charge is -2.47. The molecule has 0 aromatic heterocycles. The second-order valence-electron chi connectivity index (χ2n) is 20.4. The number of rotatable bonds is 7. The van der Waals surface area contributed by atoms with Crippen LogP contribution in [0.5, 0.6) is 0 Å². The Balaban J connectivity index is 1.08. The molecular formula is C67H52BN3. The highest BCUT2D eigenvalue weighted by molar-refractivity contribution is 7.00. The van der Waals surface area contributed by atoms with E-state index in [1.54, 1.807) is 0 Å². The van der Waals surface area contributed by atoms with Crippen molar-refractivity contribution in [1.29, 1.82) is 0 Å². The Morgan fingerprint density at radius 3 is 1.20 bits per heavy atom. The molecule has 10 aromatic carbocycles. The Labute approximate surface area is 418 Å². The molecule has 3 nitrogen and oxygen atoms in total. The molecule has 338 valence electrons. The molecule has 4 heteroatoms. The molecular weight excluding hydrogens is 858 g/mol. The zero-order valence-corrected chi connectivity index (χ0v) is 40.1. The Morgan fingerprint density at radius 2 is 0.732 bits per heavy atom. The molecule has 2 atom stereocenters. The van der Waals surface area contributed by atoms with Gasteiger partial charge in [0.1, 0.15) is 0 Å². The molecule has 71 heavy (non-hydrogen) atoms. The van der Waals surface area contributed by atoms with E-state index in [0.29, 0.717) is 0 Å². The number of hydrogen-bond acceptors (Lipinski definition) is 3. The van der Waals surface area contributed by atoms with Gasteiger partial charge in [-0.2, -0.15) is 0 Å². The zero-order valence-electron chi connectivity index (χ0n) is 40.1. The van der Waals surface area contributed by atoms with Crippen molar-refractivity contribution in [3.05, 3.63) is 248 Å². The second-order valence-corrected chi connectivity index (χ2v) is 20.4. The van der Waals surface area contributed by atoms with Crippen molar-refractivity contribution < 1.29 is 0 Å². The quantitative estimate of drug-likeness (QED) is 0.148. The molecule has 0 N–H and O–H groups in total. The third kappa shape index (κ3) is 6.37. The van der Waals surface area contributed by atoms with E-state index in [4.69, 9.17) is 0 Å². The van der Waals surface area contributed by atoms with E-state index in [1.165, 1.54) is 113 Å². The summed E-state index contributed by atoms with van der Waals surface area (Å²) in [6.45, 7) is 5.00. The highest BCUT2D eigenvalue weighted by Crippen LogP contribution is 2.63. The Kier molecular flexibility index (Phi) is 9.45. The van der Waals surface area contributed by atoms with Crippen LogP contribution in [-0.2, 0) is 5.41 Å². The molecule has 0 radical (unpaired) electrons. The van der Waals surface area contributed by atoms with E-state index in [2.05, 4.69) is 271 Å². The van der Waals surface area contributed by atoms with E-state index >= 15 is 0 Å². The number of para-hydroxylation sites is 1. The minimum Gasteiger partial charge on any atom is -0.334 e. The second kappa shape index (κ2) is 16.1. The van der Waals surface area contributed by atoms with Gasteiger partial charge >= 0.3 is 0 Å². The van der Waals surface area contributed by atoms with Crippen LogP contribution < -0.4 is 31.1 Å². The fraction of sp³-hybridized carbons (Fsp3) is 0.104. The van der Waals surface area contributed by atoms with Crippen LogP contribution in [0.3, 0.4) is 0 Å². The average molecular weight is 910 g/mol. The summed E-state index contributed by atoms with van der Waals surface area (Å²) in [5.41, 5.74) is 24.6. The molecule has 0 bridgehead atoms. The molecule has 1 aliphatic carbocycles. The predicted octanol–water partition coefficient (Wildman–Crippen LogP) is 15.8. The van der Waals surface area contributed by atoms with Gasteiger partial charge in [0.05, 0.1) is 5.54 Å². The molecule has 3 heterocycles. The highest BCUT2D eigenvalue weighted by atomic mass is 15.3. The summed E-state index contributed by atoms with van der Waals surface area (Å²) < 4.78 is 0. The summed E-state index contributed by atoms with van der Waals surface area (Å²) in [5.74, 6) is 0. The van der Waals surface area contributed by atoms with Crippen molar-refractivity contribution in [2.45, 2.75) is 44.1 Å². The van der Waals surface area contributed by atoms with Gasteiger partial charge in [0.25, 0.3) is 6.71 Å². The fourth-order valence-electron chi connectivity index (χ4n) is 13.1. The minimum absolute atomic E-state index is 0.0139. The molecule has 0 spiro atoms. The van der Waals surface area contributed by atoms with Gasteiger partial charge in [0, 0.05) is 50.9 Å². The summed E-state index contributed by atoms with van der Waals surface area (Å²) in [4.78, 5) is 7.91. The van der Waals surface area contributed by atoms with Crippen molar-refractivity contribution in [3.63, 3.8) is 0 Å². The van der Waals surface area contributed by atoms with Crippen LogP contribution in [0.25, 0.3) is 44.5 Å². The van der Waals surface area contributed by atoms with E-state index in [0.717, 1.165) is 17.8 Å². The molecule has 1 saturated carbocycles. The number of hydrogen-bond donors (Lipinski definition) is 0. The smallest absolute Gasteiger partial charge is 0.252 e. The van der Waals surface area contributed by atoms with Crippen LogP contribution in [0.4, 0.5) is 45.5 Å². The van der Waals surface area contributed by atoms with Crippen molar-refractivity contribution in [3.8, 4) is 44.5 Å². The zero-order chi connectivity index (χ0) is 47.3. The van der Waals surface area contributed by atoms with Gasteiger partial charge in [-0.3, -0.25) is 0 Å². The lowest BCUT2D eigenvalue weighted by molar-refractivity contribution is 0.330. The van der Waals surface area contributed by atoms with Gasteiger partial charge < -0.3 is 14.7 Å². The van der Waals surface area contributed by atoms with Crippen molar-refractivity contribution in [2.75, 3.05) is 14.7 Å². The molecule has 10 aromatic rings. The lowest BCUT2D eigenvalue weighted by atomic mass is 9.33. The average Bonchev–Trinajstić information content (AvgIpc) is 3.85. The first kappa shape index (κ1) is 41.6. The first-order valence-corrected chi connectivity index (χ1v) is 25.3. The van der Waals surface area contributed by atoms with Crippen molar-refractivity contribution in [1.82, 2.24) is 0 Å². The largest absolute Gasteiger partial charge is 0.334 e. The van der Waals surface area contributed by atoms with Crippen molar-refractivity contribution >= 4 is 68.6 Å². The van der Waals surface area contributed by atoms with Gasteiger partial charge in [0.2, 0.25) is 0 Å². The normalized spacial score (nSPS) is 18.1. The summed E-state index contributed by atoms with van der Waals surface area (Å²) in [5, 5.41) is 0. The number of benzene rings is 10. The monoisotopic (exact) mass is 909 g/mol. The molecule has 3 aliphatic heterocycles. The molecule has 0 saturated heterocycles. The van der Waals surface area contributed by atoms with Crippen LogP contribution in [0.15, 0.2) is 243 Å². The van der Waals surface area contributed by atoms with Gasteiger partial charge in [-0.15, -0.1) is 0 Å². The molecule has 2 unspecified atom stereocenters. The number of anilines is 8. The standard InChI is InChI=1S/C67H52BN3/c1-66-40-17-41-67(66,2)71(60-27-16-15-26-57(60)66)56-44-63-65-64(45-56)70(55-36-30-51(31-37-55)47-20-9-4-10-21-47)62-39-33-53(49-24-13-6-14-25-49)43-59(62)68(65)58-42-52(48-22-11-5-12-23-48)32-38-61(58)69(63)54-34-28-50(29-35-54)46-18-7-3-8-19-46/h3-16,18-39,42-45H,17,40-41H2,1-2H3. The maximum atomic E-state index is 2.75. The van der Waals surface area contributed by atoms with E-state index in [9.17, 15) is 0 Å². The maximum Gasteiger partial charge on any atom is 0.252 e. The minimum atomic E-state index is -0.115. The highest BCUT2D eigenvalue weighted by Gasteiger charge is 2.59. The first-order valence-electron chi connectivity index (χ1n) is 25.3. The molecule has 1 fully saturated rings. The topological polar surface area (TPSA) is 9.72 Å². The summed E-state index contributed by atoms with van der Waals surface area (Å²) in [6, 6.07) is 90.6. The van der Waals surface area contributed by atoms with E-state index in [1.807, 2.05) is 0 Å². The van der Waals surface area contributed by atoms with Gasteiger partial charge in [-0.05, 0) is 141 Å². The van der Waals surface area contributed by atoms with E-state index in [-0.39, 0.29) is 17.7 Å². The Bertz CT molecular complexity index is 3450. The summed E-state index contributed by atoms with van der Waals surface area (Å²) in [6.07, 6.45) is 3.50. The molecule has 4 aliphatic rings. The van der Waals surface area contributed by atoms with Gasteiger partial charge in [0.15, 0.2) is 0 Å². The summed E-state index contributed by atoms with van der Waals surface area (Å²) >= 11 is 0. The van der Waals surface area contributed by atoms with Crippen LogP contribution in [0.2, 0.25) is 0 Å². The van der Waals surface area contributed by atoms with Crippen LogP contribution in [-0.4, -0.2) is 12.3 Å². The third-order valence-corrected chi connectivity index (χ3v) is 16.8. The fourth-order valence-corrected chi connectivity index (χ4v) is 13.1. The number of fused-ring (bicyclic) bond motifs is 7.